The molecule has 32 heavy (non-hydrogen) atoms. The summed E-state index contributed by atoms with van der Waals surface area (Å²) in [6, 6.07) is 14.0. The zero-order chi connectivity index (χ0) is 21.9. The topological polar surface area (TPSA) is 55.0 Å². The number of benzene rings is 2. The van der Waals surface area contributed by atoms with E-state index in [0.717, 1.165) is 46.7 Å². The van der Waals surface area contributed by atoms with Crippen LogP contribution in [0, 0.1) is 0 Å². The Morgan fingerprint density at radius 1 is 1.09 bits per heavy atom. The minimum Gasteiger partial charge on any atom is -0.494 e. The molecule has 0 aliphatic heterocycles. The van der Waals surface area contributed by atoms with E-state index >= 15 is 0 Å². The molecule has 0 unspecified atom stereocenters. The molecule has 2 heterocycles. The van der Waals surface area contributed by atoms with Crippen molar-refractivity contribution in [2.45, 2.75) is 37.3 Å². The van der Waals surface area contributed by atoms with Crippen LogP contribution in [0.5, 0.6) is 5.75 Å². The van der Waals surface area contributed by atoms with Gasteiger partial charge in [-0.2, -0.15) is 0 Å². The van der Waals surface area contributed by atoms with Gasteiger partial charge in [-0.3, -0.25) is 4.79 Å². The molecule has 4 nitrogen and oxygen atoms in total. The lowest BCUT2D eigenvalue weighted by Crippen LogP contribution is -2.09. The van der Waals surface area contributed by atoms with Crippen molar-refractivity contribution in [2.24, 2.45) is 0 Å². The Labute approximate surface area is 200 Å². The predicted octanol–water partition coefficient (Wildman–Crippen LogP) is 6.75. The molecular formula is C25H23ClN2O2S2. The Hall–Kier alpha value is -2.28. The van der Waals surface area contributed by atoms with Crippen molar-refractivity contribution in [3.8, 4) is 16.9 Å². The van der Waals surface area contributed by atoms with Crippen LogP contribution in [0.1, 0.15) is 30.4 Å². The molecule has 0 radical (unpaired) electrons. The van der Waals surface area contributed by atoms with Crippen molar-refractivity contribution in [3.05, 3.63) is 74.3 Å². The van der Waals surface area contributed by atoms with Crippen molar-refractivity contribution in [1.29, 1.82) is 0 Å². The Morgan fingerprint density at radius 3 is 2.75 bits per heavy atom. The molecular weight excluding hydrogens is 460 g/mol. The summed E-state index contributed by atoms with van der Waals surface area (Å²) in [5.41, 5.74) is 4.91. The molecule has 1 aliphatic rings. The summed E-state index contributed by atoms with van der Waals surface area (Å²) in [6.07, 6.45) is 5.65. The fourth-order valence-electron chi connectivity index (χ4n) is 4.06. The predicted molar refractivity (Wildman–Crippen MR) is 135 cm³/mol. The van der Waals surface area contributed by atoms with E-state index in [1.54, 1.807) is 11.8 Å². The fraction of sp³-hybridized carbons (Fsp3) is 0.280. The monoisotopic (exact) mass is 482 g/mol. The molecule has 0 fully saturated rings. The van der Waals surface area contributed by atoms with Gasteiger partial charge in [0.2, 0.25) is 0 Å². The van der Waals surface area contributed by atoms with Gasteiger partial charge in [0.05, 0.1) is 12.0 Å². The normalized spacial score (nSPS) is 13.3. The summed E-state index contributed by atoms with van der Waals surface area (Å²) >= 11 is 8.97. The standard InChI is InChI=1S/C25H23ClN2O2S2/c26-19-8-10-20(11-9-19)30-12-3-13-31-25-27-23(29)22-21(15-32-24(22)28-25)18-7-6-16-4-1-2-5-17(16)14-18/h6-11,14-15H,1-5,12-13H2,(H,27,28,29). The van der Waals surface area contributed by atoms with Crippen LogP contribution >= 0.6 is 34.7 Å². The van der Waals surface area contributed by atoms with Crippen LogP contribution in [0.25, 0.3) is 21.3 Å². The average Bonchev–Trinajstić information content (AvgIpc) is 3.24. The molecule has 2 aromatic carbocycles. The Kier molecular flexibility index (Phi) is 6.53. The van der Waals surface area contributed by atoms with Crippen LogP contribution in [-0.2, 0) is 12.8 Å². The van der Waals surface area contributed by atoms with Gasteiger partial charge in [0.1, 0.15) is 10.6 Å². The zero-order valence-electron chi connectivity index (χ0n) is 17.5. The molecule has 7 heteroatoms. The summed E-state index contributed by atoms with van der Waals surface area (Å²) in [6.45, 7) is 0.600. The summed E-state index contributed by atoms with van der Waals surface area (Å²) in [5.74, 6) is 1.62. The Bertz CT molecular complexity index is 1300. The van der Waals surface area contributed by atoms with Gasteiger partial charge in [0.25, 0.3) is 5.56 Å². The summed E-state index contributed by atoms with van der Waals surface area (Å²) < 4.78 is 5.72. The number of nitrogens with zero attached hydrogens (tertiary/aromatic N) is 1. The second kappa shape index (κ2) is 9.69. The molecule has 0 spiro atoms. The SMILES string of the molecule is O=c1[nH]c(SCCCOc2ccc(Cl)cc2)nc2scc(-c3ccc4c(c3)CCCC4)c12. The van der Waals surface area contributed by atoms with Gasteiger partial charge in [-0.15, -0.1) is 11.3 Å². The number of thioether (sulfide) groups is 1. The van der Waals surface area contributed by atoms with E-state index in [1.807, 2.05) is 24.3 Å². The molecule has 2 aromatic heterocycles. The number of ether oxygens (including phenoxy) is 1. The van der Waals surface area contributed by atoms with E-state index in [0.29, 0.717) is 22.2 Å². The highest BCUT2D eigenvalue weighted by molar-refractivity contribution is 7.99. The number of aromatic nitrogens is 2. The highest BCUT2D eigenvalue weighted by Crippen LogP contribution is 2.34. The van der Waals surface area contributed by atoms with Crippen molar-refractivity contribution in [1.82, 2.24) is 9.97 Å². The van der Waals surface area contributed by atoms with Gasteiger partial charge < -0.3 is 9.72 Å². The molecule has 1 N–H and O–H groups in total. The van der Waals surface area contributed by atoms with Crippen LogP contribution < -0.4 is 10.3 Å². The lowest BCUT2D eigenvalue weighted by Gasteiger charge is -2.16. The lowest BCUT2D eigenvalue weighted by atomic mass is 9.89. The van der Waals surface area contributed by atoms with E-state index in [9.17, 15) is 4.79 Å². The van der Waals surface area contributed by atoms with E-state index in [4.69, 9.17) is 21.3 Å². The first-order valence-electron chi connectivity index (χ1n) is 10.8. The molecule has 0 amide bonds. The van der Waals surface area contributed by atoms with E-state index in [1.165, 1.54) is 35.3 Å². The van der Waals surface area contributed by atoms with Crippen LogP contribution in [0.2, 0.25) is 5.02 Å². The molecule has 4 aromatic rings. The first kappa shape index (κ1) is 21.6. The van der Waals surface area contributed by atoms with Crippen LogP contribution in [-0.4, -0.2) is 22.3 Å². The van der Waals surface area contributed by atoms with Gasteiger partial charge in [-0.1, -0.05) is 41.6 Å². The third-order valence-corrected chi connectivity index (χ3v) is 7.78. The van der Waals surface area contributed by atoms with Crippen LogP contribution in [0.15, 0.2) is 57.8 Å². The number of H-pyrrole nitrogens is 1. The van der Waals surface area contributed by atoms with Crippen molar-refractivity contribution < 1.29 is 4.74 Å². The van der Waals surface area contributed by atoms with Gasteiger partial charge in [0, 0.05) is 21.7 Å². The molecule has 0 bridgehead atoms. The van der Waals surface area contributed by atoms with Gasteiger partial charge in [-0.25, -0.2) is 4.98 Å². The van der Waals surface area contributed by atoms with E-state index in [-0.39, 0.29) is 5.56 Å². The first-order chi connectivity index (χ1) is 15.7. The van der Waals surface area contributed by atoms with Crippen LogP contribution in [0.3, 0.4) is 0 Å². The van der Waals surface area contributed by atoms with Crippen LogP contribution in [0.4, 0.5) is 0 Å². The summed E-state index contributed by atoms with van der Waals surface area (Å²) in [5, 5.41) is 4.11. The number of nitrogens with one attached hydrogen (secondary N) is 1. The molecule has 0 saturated carbocycles. The quantitative estimate of drug-likeness (QED) is 0.180. The minimum absolute atomic E-state index is 0.0658. The lowest BCUT2D eigenvalue weighted by molar-refractivity contribution is 0.318. The van der Waals surface area contributed by atoms with E-state index in [2.05, 4.69) is 28.6 Å². The van der Waals surface area contributed by atoms with Crippen molar-refractivity contribution >= 4 is 44.9 Å². The number of hydrogen-bond acceptors (Lipinski definition) is 5. The Balaban J connectivity index is 1.26. The highest BCUT2D eigenvalue weighted by atomic mass is 35.5. The van der Waals surface area contributed by atoms with E-state index < -0.39 is 0 Å². The molecule has 0 atom stereocenters. The van der Waals surface area contributed by atoms with Gasteiger partial charge in [-0.05, 0) is 73.1 Å². The average molecular weight is 483 g/mol. The number of aromatic amines is 1. The summed E-state index contributed by atoms with van der Waals surface area (Å²) in [7, 11) is 0. The van der Waals surface area contributed by atoms with Gasteiger partial charge in [0.15, 0.2) is 5.16 Å². The third kappa shape index (κ3) is 4.72. The number of aryl methyl sites for hydroxylation is 2. The second-order valence-corrected chi connectivity index (χ2v) is 10.3. The zero-order valence-corrected chi connectivity index (χ0v) is 19.9. The molecule has 0 saturated heterocycles. The van der Waals surface area contributed by atoms with Crippen molar-refractivity contribution in [3.63, 3.8) is 0 Å². The minimum atomic E-state index is -0.0658. The fourth-order valence-corrected chi connectivity index (χ4v) is 5.97. The second-order valence-electron chi connectivity index (χ2n) is 7.90. The summed E-state index contributed by atoms with van der Waals surface area (Å²) in [4.78, 5) is 21.4. The number of fused-ring (bicyclic) bond motifs is 2. The maximum Gasteiger partial charge on any atom is 0.260 e. The van der Waals surface area contributed by atoms with Crippen molar-refractivity contribution in [2.75, 3.05) is 12.4 Å². The largest absolute Gasteiger partial charge is 0.494 e. The molecule has 1 aliphatic carbocycles. The number of thiophene rings is 1. The highest BCUT2D eigenvalue weighted by Gasteiger charge is 2.16. The molecule has 164 valence electrons. The maximum atomic E-state index is 12.9. The number of rotatable bonds is 7. The maximum absolute atomic E-state index is 12.9. The number of hydrogen-bond donors (Lipinski definition) is 1. The molecule has 5 rings (SSSR count). The first-order valence-corrected chi connectivity index (χ1v) is 13.1. The third-order valence-electron chi connectivity index (χ3n) is 5.69. The smallest absolute Gasteiger partial charge is 0.260 e. The number of halogens is 1. The van der Waals surface area contributed by atoms with Gasteiger partial charge >= 0.3 is 0 Å². The Morgan fingerprint density at radius 2 is 1.91 bits per heavy atom.